The van der Waals surface area contributed by atoms with Crippen LogP contribution in [0.2, 0.25) is 0 Å². The number of hydrogen-bond donors (Lipinski definition) is 2. The molecule has 0 aliphatic rings. The number of rotatable bonds is 5. The first-order chi connectivity index (χ1) is 12.1. The number of nitrogens with zero attached hydrogens (tertiary/aromatic N) is 3. The van der Waals surface area contributed by atoms with Gasteiger partial charge in [-0.05, 0) is 44.5 Å². The van der Waals surface area contributed by atoms with Gasteiger partial charge in [0.15, 0.2) is 5.96 Å². The highest BCUT2D eigenvalue weighted by Crippen LogP contribution is 2.34. The van der Waals surface area contributed by atoms with Crippen LogP contribution >= 0.6 is 24.0 Å². The van der Waals surface area contributed by atoms with Crippen molar-refractivity contribution < 1.29 is 13.2 Å². The van der Waals surface area contributed by atoms with Crippen molar-refractivity contribution in [2.45, 2.75) is 33.5 Å². The van der Waals surface area contributed by atoms with Crippen molar-refractivity contribution >= 4 is 29.9 Å². The highest BCUT2D eigenvalue weighted by Gasteiger charge is 2.33. The normalized spacial score (nSPS) is 11.9. The average Bonchev–Trinajstić information content (AvgIpc) is 2.88. The van der Waals surface area contributed by atoms with Gasteiger partial charge in [-0.1, -0.05) is 18.2 Å². The maximum absolute atomic E-state index is 13.5. The van der Waals surface area contributed by atoms with Crippen molar-refractivity contribution in [2.24, 2.45) is 10.7 Å². The number of aryl methyl sites for hydroxylation is 2. The molecule has 0 radical (unpaired) electrons. The quantitative estimate of drug-likeness (QED) is 0.285. The topological polar surface area (TPSA) is 68.2 Å². The highest BCUT2D eigenvalue weighted by atomic mass is 127. The summed E-state index contributed by atoms with van der Waals surface area (Å²) in [4.78, 5) is 3.98. The van der Waals surface area contributed by atoms with Gasteiger partial charge in [-0.15, -0.1) is 24.0 Å². The standard InChI is InChI=1S/C18H22F3N5.HI/c1-11(2)9-23-17(22)24-10-14-5-6-15(8-16(14)18(19,20)21)26-13(4)7-12(3)25-26;/h5-8H,1,9-10H2,2-4H3,(H3,22,23,24);1H. The lowest BCUT2D eigenvalue weighted by molar-refractivity contribution is -0.138. The molecule has 0 unspecified atom stereocenters. The first-order valence-corrected chi connectivity index (χ1v) is 8.00. The molecule has 1 heterocycles. The molecule has 0 amide bonds. The highest BCUT2D eigenvalue weighted by molar-refractivity contribution is 14.0. The molecule has 0 fully saturated rings. The molecule has 3 N–H and O–H groups in total. The lowest BCUT2D eigenvalue weighted by Gasteiger charge is -2.14. The van der Waals surface area contributed by atoms with Gasteiger partial charge in [0, 0.05) is 12.2 Å². The van der Waals surface area contributed by atoms with Gasteiger partial charge in [-0.25, -0.2) is 9.67 Å². The van der Waals surface area contributed by atoms with Crippen LogP contribution in [0.15, 0.2) is 41.4 Å². The van der Waals surface area contributed by atoms with Crippen LogP contribution in [0, 0.1) is 13.8 Å². The Labute approximate surface area is 173 Å². The molecular weight excluding hydrogens is 470 g/mol. The van der Waals surface area contributed by atoms with Crippen LogP contribution in [0.5, 0.6) is 0 Å². The predicted molar refractivity (Wildman–Crippen MR) is 112 cm³/mol. The zero-order valence-corrected chi connectivity index (χ0v) is 17.7. The summed E-state index contributed by atoms with van der Waals surface area (Å²) < 4.78 is 42.0. The Balaban J connectivity index is 0.00000364. The summed E-state index contributed by atoms with van der Waals surface area (Å²) in [6.45, 7) is 9.33. The lowest BCUT2D eigenvalue weighted by atomic mass is 10.1. The first kappa shape index (κ1) is 23.0. The Morgan fingerprint density at radius 2 is 1.96 bits per heavy atom. The van der Waals surface area contributed by atoms with E-state index >= 15 is 0 Å². The van der Waals surface area contributed by atoms with Gasteiger partial charge in [-0.2, -0.15) is 18.3 Å². The Kier molecular flexibility index (Phi) is 7.88. The number of hydrogen-bond acceptors (Lipinski definition) is 2. The first-order valence-electron chi connectivity index (χ1n) is 8.00. The number of nitrogens with one attached hydrogen (secondary N) is 1. The maximum Gasteiger partial charge on any atom is 0.416 e. The fraction of sp³-hybridized carbons (Fsp3) is 0.333. The van der Waals surface area contributed by atoms with Crippen LogP contribution < -0.4 is 11.1 Å². The minimum absolute atomic E-state index is 0. The summed E-state index contributed by atoms with van der Waals surface area (Å²) >= 11 is 0. The Morgan fingerprint density at radius 3 is 2.48 bits per heavy atom. The van der Waals surface area contributed by atoms with Crippen molar-refractivity contribution in [3.8, 4) is 5.69 Å². The molecule has 0 saturated heterocycles. The summed E-state index contributed by atoms with van der Waals surface area (Å²) in [5, 5.41) is 7.02. The largest absolute Gasteiger partial charge is 0.416 e. The minimum Gasteiger partial charge on any atom is -0.370 e. The number of benzene rings is 1. The summed E-state index contributed by atoms with van der Waals surface area (Å²) in [5.74, 6) is 0.0729. The Bertz CT molecular complexity index is 840. The van der Waals surface area contributed by atoms with Crippen molar-refractivity contribution in [1.82, 2.24) is 15.1 Å². The molecule has 0 spiro atoms. The molecule has 0 aliphatic carbocycles. The van der Waals surface area contributed by atoms with Gasteiger partial charge in [0.25, 0.3) is 0 Å². The molecule has 1 aromatic heterocycles. The fourth-order valence-electron chi connectivity index (χ4n) is 2.46. The van der Waals surface area contributed by atoms with Crippen molar-refractivity contribution in [1.29, 1.82) is 0 Å². The van der Waals surface area contributed by atoms with E-state index in [0.29, 0.717) is 12.2 Å². The van der Waals surface area contributed by atoms with Gasteiger partial charge < -0.3 is 11.1 Å². The summed E-state index contributed by atoms with van der Waals surface area (Å²) in [6.07, 6.45) is -4.50. The molecule has 0 saturated carbocycles. The van der Waals surface area contributed by atoms with E-state index in [1.807, 2.05) is 0 Å². The van der Waals surface area contributed by atoms with Gasteiger partial charge in [0.2, 0.25) is 0 Å². The zero-order chi connectivity index (χ0) is 19.5. The number of nitrogens with two attached hydrogens (primary N) is 1. The Hall–Kier alpha value is -2.04. The molecule has 1 aromatic carbocycles. The van der Waals surface area contributed by atoms with E-state index in [9.17, 15) is 13.2 Å². The SMILES string of the molecule is C=C(C)CNC(N)=NCc1ccc(-n2nc(C)cc2C)cc1C(F)(F)F.I. The minimum atomic E-state index is -4.50. The molecular formula is C18H23F3IN5. The van der Waals surface area contributed by atoms with Gasteiger partial charge in [-0.3, -0.25) is 0 Å². The fourth-order valence-corrected chi connectivity index (χ4v) is 2.46. The third kappa shape index (κ3) is 6.26. The van der Waals surface area contributed by atoms with Crippen LogP contribution in [-0.2, 0) is 12.7 Å². The second-order valence-corrected chi connectivity index (χ2v) is 6.19. The van der Waals surface area contributed by atoms with Gasteiger partial charge in [0.05, 0.1) is 23.5 Å². The Morgan fingerprint density at radius 1 is 1.30 bits per heavy atom. The molecule has 148 valence electrons. The van der Waals surface area contributed by atoms with Crippen LogP contribution in [0.4, 0.5) is 13.2 Å². The van der Waals surface area contributed by atoms with E-state index in [0.717, 1.165) is 23.0 Å². The molecule has 27 heavy (non-hydrogen) atoms. The molecule has 2 rings (SSSR count). The van der Waals surface area contributed by atoms with E-state index < -0.39 is 11.7 Å². The monoisotopic (exact) mass is 493 g/mol. The number of guanidine groups is 1. The van der Waals surface area contributed by atoms with Crippen molar-refractivity contribution in [3.63, 3.8) is 0 Å². The summed E-state index contributed by atoms with van der Waals surface area (Å²) in [5.41, 5.74) is 7.66. The van der Waals surface area contributed by atoms with E-state index in [-0.39, 0.29) is 42.0 Å². The van der Waals surface area contributed by atoms with E-state index in [1.54, 1.807) is 32.9 Å². The van der Waals surface area contributed by atoms with Crippen LogP contribution in [0.25, 0.3) is 5.69 Å². The average molecular weight is 493 g/mol. The van der Waals surface area contributed by atoms with Crippen molar-refractivity contribution in [3.05, 3.63) is 58.9 Å². The maximum atomic E-state index is 13.5. The van der Waals surface area contributed by atoms with Gasteiger partial charge >= 0.3 is 6.18 Å². The van der Waals surface area contributed by atoms with Gasteiger partial charge in [0.1, 0.15) is 0 Å². The molecule has 0 aliphatic heterocycles. The third-order valence-electron chi connectivity index (χ3n) is 3.64. The van der Waals surface area contributed by atoms with Crippen molar-refractivity contribution in [2.75, 3.05) is 6.54 Å². The summed E-state index contributed by atoms with van der Waals surface area (Å²) in [7, 11) is 0. The smallest absolute Gasteiger partial charge is 0.370 e. The van der Waals surface area contributed by atoms with Crippen LogP contribution in [-0.4, -0.2) is 22.3 Å². The molecule has 5 nitrogen and oxygen atoms in total. The number of alkyl halides is 3. The third-order valence-corrected chi connectivity index (χ3v) is 3.64. The molecule has 0 atom stereocenters. The second kappa shape index (κ2) is 9.25. The number of aliphatic imine (C=N–C) groups is 1. The second-order valence-electron chi connectivity index (χ2n) is 6.19. The van der Waals surface area contributed by atoms with E-state index in [4.69, 9.17) is 5.73 Å². The van der Waals surface area contributed by atoms with Crippen LogP contribution in [0.3, 0.4) is 0 Å². The molecule has 0 bridgehead atoms. The number of halogens is 4. The van der Waals surface area contributed by atoms with E-state index in [1.165, 1.54) is 10.7 Å². The van der Waals surface area contributed by atoms with E-state index in [2.05, 4.69) is 22.0 Å². The molecule has 2 aromatic rings. The number of aromatic nitrogens is 2. The summed E-state index contributed by atoms with van der Waals surface area (Å²) in [6, 6.07) is 5.89. The predicted octanol–water partition coefficient (Wildman–Crippen LogP) is 4.11. The molecule has 9 heteroatoms. The van der Waals surface area contributed by atoms with Crippen LogP contribution in [0.1, 0.15) is 29.4 Å². The lowest BCUT2D eigenvalue weighted by Crippen LogP contribution is -2.32. The zero-order valence-electron chi connectivity index (χ0n) is 15.4.